The number of ketones is 2. The lowest BCUT2D eigenvalue weighted by Gasteiger charge is -2.38. The summed E-state index contributed by atoms with van der Waals surface area (Å²) >= 11 is 0. The van der Waals surface area contributed by atoms with E-state index in [-0.39, 0.29) is 11.6 Å². The molecule has 4 heterocycles. The molecule has 5 aromatic rings. The molecule has 0 aliphatic carbocycles. The predicted molar refractivity (Wildman–Crippen MR) is 163 cm³/mol. The number of nitrogens with zero attached hydrogens (tertiary/aromatic N) is 2. The Kier molecular flexibility index (Phi) is 5.46. The first-order valence-corrected chi connectivity index (χ1v) is 14.1. The van der Waals surface area contributed by atoms with Crippen molar-refractivity contribution >= 4 is 45.8 Å². The van der Waals surface area contributed by atoms with Gasteiger partial charge in [0, 0.05) is 28.4 Å². The molecule has 1 saturated heterocycles. The molecule has 1 aromatic heterocycles. The lowest BCUT2D eigenvalue weighted by Crippen LogP contribution is -2.51. The summed E-state index contributed by atoms with van der Waals surface area (Å²) in [5.41, 5.74) is 2.11. The van der Waals surface area contributed by atoms with E-state index in [2.05, 4.69) is 5.32 Å². The Morgan fingerprint density at radius 2 is 1.56 bits per heavy atom. The van der Waals surface area contributed by atoms with E-state index in [1.54, 1.807) is 60.8 Å². The number of nitrogens with one attached hydrogen (secondary N) is 1. The molecule has 1 unspecified atom stereocenters. The first-order chi connectivity index (χ1) is 21.0. The second-order valence-electron chi connectivity index (χ2n) is 11.2. The lowest BCUT2D eigenvalue weighted by atomic mass is 9.64. The first kappa shape index (κ1) is 25.3. The SMILES string of the molecule is O=C(c1ccccc1)[C@H]1[C@H](C(=O)c2ccccc2)[C@@]2(C(=O)Nc3ccc(F)cc32)C2C=Cc3ccc4cccnc4c3N21. The van der Waals surface area contributed by atoms with Gasteiger partial charge in [0.2, 0.25) is 5.91 Å². The first-order valence-electron chi connectivity index (χ1n) is 14.1. The number of anilines is 2. The molecule has 43 heavy (non-hydrogen) atoms. The number of rotatable bonds is 4. The van der Waals surface area contributed by atoms with E-state index in [4.69, 9.17) is 4.98 Å². The molecule has 6 nitrogen and oxygen atoms in total. The van der Waals surface area contributed by atoms with Gasteiger partial charge in [-0.05, 0) is 35.4 Å². The van der Waals surface area contributed by atoms with Crippen LogP contribution in [0.15, 0.2) is 115 Å². The topological polar surface area (TPSA) is 79.4 Å². The molecule has 8 rings (SSSR count). The number of pyridine rings is 1. The maximum absolute atomic E-state index is 15.0. The molecule has 1 spiro atoms. The standard InChI is InChI=1S/C36H24FN3O3/c37-25-16-17-27-26(20-25)36(35(43)39-27)28-18-15-22-14-13-21-12-7-19-38-30(21)31(22)40(28)32(34(42)24-10-5-2-6-11-24)29(36)33(41)23-8-3-1-4-9-23/h1-20,28-29,32H,(H,39,43)/t28?,29-,32-,36+/m1/s1. The van der Waals surface area contributed by atoms with Gasteiger partial charge in [0.15, 0.2) is 11.6 Å². The summed E-state index contributed by atoms with van der Waals surface area (Å²) in [7, 11) is 0. The molecular weight excluding hydrogens is 541 g/mol. The predicted octanol–water partition coefficient (Wildman–Crippen LogP) is 6.23. The van der Waals surface area contributed by atoms with Gasteiger partial charge in [-0.15, -0.1) is 0 Å². The number of Topliss-reactive ketones (excluding diaryl/α,β-unsaturated/α-hetero) is 2. The number of hydrogen-bond donors (Lipinski definition) is 1. The Balaban J connectivity index is 1.49. The van der Waals surface area contributed by atoms with Crippen molar-refractivity contribution in [3.63, 3.8) is 0 Å². The number of amides is 1. The largest absolute Gasteiger partial charge is 0.350 e. The molecule has 7 heteroatoms. The van der Waals surface area contributed by atoms with Gasteiger partial charge in [0.05, 0.1) is 23.2 Å². The number of carbonyl (C=O) groups is 3. The van der Waals surface area contributed by atoms with Crippen LogP contribution in [-0.2, 0) is 10.2 Å². The van der Waals surface area contributed by atoms with Crippen LogP contribution in [0, 0.1) is 11.7 Å². The molecule has 4 atom stereocenters. The Hall–Kier alpha value is -5.43. The monoisotopic (exact) mass is 565 g/mol. The van der Waals surface area contributed by atoms with Crippen LogP contribution in [0.3, 0.4) is 0 Å². The number of carbonyl (C=O) groups excluding carboxylic acids is 3. The summed E-state index contributed by atoms with van der Waals surface area (Å²) < 4.78 is 15.0. The van der Waals surface area contributed by atoms with Gasteiger partial charge in [-0.25, -0.2) is 4.39 Å². The fourth-order valence-corrected chi connectivity index (χ4v) is 7.36. The number of halogens is 1. The Bertz CT molecular complexity index is 2010. The average molecular weight is 566 g/mol. The highest BCUT2D eigenvalue weighted by Crippen LogP contribution is 2.59. The maximum atomic E-state index is 15.0. The number of hydrogen-bond acceptors (Lipinski definition) is 5. The summed E-state index contributed by atoms with van der Waals surface area (Å²) in [6.07, 6.45) is 5.48. The summed E-state index contributed by atoms with van der Waals surface area (Å²) in [6, 6.07) is 27.5. The zero-order chi connectivity index (χ0) is 29.3. The number of aromatic nitrogens is 1. The Morgan fingerprint density at radius 1 is 0.837 bits per heavy atom. The second-order valence-corrected chi connectivity index (χ2v) is 11.2. The Morgan fingerprint density at radius 3 is 2.30 bits per heavy atom. The molecule has 1 N–H and O–H groups in total. The van der Waals surface area contributed by atoms with Gasteiger partial charge in [0.25, 0.3) is 0 Å². The van der Waals surface area contributed by atoms with Gasteiger partial charge in [0.1, 0.15) is 17.3 Å². The zero-order valence-electron chi connectivity index (χ0n) is 22.8. The molecular formula is C36H24FN3O3. The summed E-state index contributed by atoms with van der Waals surface area (Å²) in [4.78, 5) is 50.7. The van der Waals surface area contributed by atoms with Crippen molar-refractivity contribution in [2.24, 2.45) is 5.92 Å². The highest BCUT2D eigenvalue weighted by Gasteiger charge is 2.70. The van der Waals surface area contributed by atoms with E-state index < -0.39 is 35.1 Å². The smallest absolute Gasteiger partial charge is 0.238 e. The lowest BCUT2D eigenvalue weighted by molar-refractivity contribution is -0.121. The molecule has 208 valence electrons. The minimum absolute atomic E-state index is 0.302. The normalized spacial score (nSPS) is 23.1. The van der Waals surface area contributed by atoms with Crippen LogP contribution in [0.5, 0.6) is 0 Å². The van der Waals surface area contributed by atoms with E-state index in [9.17, 15) is 14.4 Å². The van der Waals surface area contributed by atoms with Crippen LogP contribution in [0.25, 0.3) is 17.0 Å². The molecule has 1 fully saturated rings. The van der Waals surface area contributed by atoms with E-state index in [1.165, 1.54) is 18.2 Å². The minimum atomic E-state index is -1.61. The summed E-state index contributed by atoms with van der Waals surface area (Å²) in [5, 5.41) is 3.80. The van der Waals surface area contributed by atoms with Gasteiger partial charge in [-0.1, -0.05) is 91.0 Å². The minimum Gasteiger partial charge on any atom is -0.350 e. The van der Waals surface area contributed by atoms with Gasteiger partial charge >= 0.3 is 0 Å². The third-order valence-corrected chi connectivity index (χ3v) is 9.09. The van der Waals surface area contributed by atoms with Crippen molar-refractivity contribution in [1.29, 1.82) is 0 Å². The zero-order valence-corrected chi connectivity index (χ0v) is 22.8. The Labute approximate surface area is 246 Å². The number of benzene rings is 4. The molecule has 0 radical (unpaired) electrons. The molecule has 0 saturated carbocycles. The van der Waals surface area contributed by atoms with Crippen LogP contribution in [0.1, 0.15) is 31.8 Å². The molecule has 0 bridgehead atoms. The molecule has 4 aromatic carbocycles. The van der Waals surface area contributed by atoms with Crippen molar-refractivity contribution in [1.82, 2.24) is 4.98 Å². The van der Waals surface area contributed by atoms with E-state index >= 15 is 4.39 Å². The van der Waals surface area contributed by atoms with Crippen LogP contribution >= 0.6 is 0 Å². The molecule has 3 aliphatic rings. The van der Waals surface area contributed by atoms with Gasteiger partial charge in [-0.2, -0.15) is 0 Å². The number of fused-ring (bicyclic) bond motifs is 8. The van der Waals surface area contributed by atoms with Crippen molar-refractivity contribution in [2.75, 3.05) is 10.2 Å². The fourth-order valence-electron chi connectivity index (χ4n) is 7.36. The average Bonchev–Trinajstić information content (AvgIpc) is 3.52. The third-order valence-electron chi connectivity index (χ3n) is 9.09. The quantitative estimate of drug-likeness (QED) is 0.262. The van der Waals surface area contributed by atoms with Crippen molar-refractivity contribution in [2.45, 2.75) is 17.5 Å². The molecule has 3 aliphatic heterocycles. The molecule has 1 amide bonds. The van der Waals surface area contributed by atoms with Crippen molar-refractivity contribution in [3.8, 4) is 0 Å². The highest BCUT2D eigenvalue weighted by atomic mass is 19.1. The van der Waals surface area contributed by atoms with Crippen LogP contribution in [-0.4, -0.2) is 34.5 Å². The van der Waals surface area contributed by atoms with Crippen LogP contribution in [0.2, 0.25) is 0 Å². The summed E-state index contributed by atoms with van der Waals surface area (Å²) in [6.45, 7) is 0. The van der Waals surface area contributed by atoms with E-state index in [0.717, 1.165) is 10.9 Å². The maximum Gasteiger partial charge on any atom is 0.238 e. The fraction of sp³-hybridized carbons (Fsp3) is 0.111. The van der Waals surface area contributed by atoms with E-state index in [0.29, 0.717) is 33.6 Å². The van der Waals surface area contributed by atoms with Crippen LogP contribution in [0.4, 0.5) is 15.8 Å². The highest BCUT2D eigenvalue weighted by molar-refractivity contribution is 6.19. The second kappa shape index (κ2) is 9.29. The summed E-state index contributed by atoms with van der Waals surface area (Å²) in [5.74, 6) is -2.83. The van der Waals surface area contributed by atoms with Crippen molar-refractivity contribution in [3.05, 3.63) is 143 Å². The van der Waals surface area contributed by atoms with Crippen molar-refractivity contribution < 1.29 is 18.8 Å². The van der Waals surface area contributed by atoms with Crippen LogP contribution < -0.4 is 10.2 Å². The van der Waals surface area contributed by atoms with E-state index in [1.807, 2.05) is 47.4 Å². The van der Waals surface area contributed by atoms with Gasteiger partial charge in [-0.3, -0.25) is 19.4 Å². The third kappa shape index (κ3) is 3.45. The van der Waals surface area contributed by atoms with Gasteiger partial charge < -0.3 is 10.2 Å².